The quantitative estimate of drug-likeness (QED) is 0.348. The zero-order valence-corrected chi connectivity index (χ0v) is 20.1. The Morgan fingerprint density at radius 2 is 1.72 bits per heavy atom. The summed E-state index contributed by atoms with van der Waals surface area (Å²) in [4.78, 5) is 13.1. The van der Waals surface area contributed by atoms with Gasteiger partial charge in [0.05, 0.1) is 17.5 Å². The minimum Gasteiger partial charge on any atom is -0.443 e. The molecular formula is C25H33NO5S. The van der Waals surface area contributed by atoms with E-state index in [2.05, 4.69) is 6.58 Å². The number of ether oxygens (including phenoxy) is 2. The number of rotatable bonds is 10. The van der Waals surface area contributed by atoms with Crippen LogP contribution in [-0.2, 0) is 26.1 Å². The summed E-state index contributed by atoms with van der Waals surface area (Å²) in [5.74, 6) is 0. The lowest BCUT2D eigenvalue weighted by atomic mass is 10.1. The third kappa shape index (κ3) is 7.50. The Hall–Kier alpha value is -2.64. The number of aryl methyl sites for hydroxylation is 1. The van der Waals surface area contributed by atoms with Crippen LogP contribution in [0.25, 0.3) is 0 Å². The summed E-state index contributed by atoms with van der Waals surface area (Å²) in [5.41, 5.74) is 1.09. The van der Waals surface area contributed by atoms with E-state index in [1.165, 1.54) is 12.1 Å². The predicted octanol–water partition coefficient (Wildman–Crippen LogP) is 5.47. The van der Waals surface area contributed by atoms with Crippen molar-refractivity contribution in [2.24, 2.45) is 0 Å². The van der Waals surface area contributed by atoms with E-state index in [4.69, 9.17) is 9.47 Å². The topological polar surface area (TPSA) is 72.9 Å². The van der Waals surface area contributed by atoms with Crippen LogP contribution in [0.1, 0.15) is 44.7 Å². The molecule has 0 heterocycles. The molecule has 174 valence electrons. The first-order chi connectivity index (χ1) is 15.0. The molecule has 2 rings (SSSR count). The van der Waals surface area contributed by atoms with Gasteiger partial charge in [0, 0.05) is 6.61 Å². The maximum atomic E-state index is 13.5. The van der Waals surface area contributed by atoms with Crippen LogP contribution in [0.4, 0.5) is 4.79 Å². The Kier molecular flexibility index (Phi) is 9.04. The molecule has 1 unspecified atom stereocenters. The number of sulfonamides is 1. The number of nitrogens with zero attached hydrogens (tertiary/aromatic N) is 1. The number of carbonyl (C=O) groups is 1. The number of hydrogen-bond donors (Lipinski definition) is 0. The van der Waals surface area contributed by atoms with E-state index in [9.17, 15) is 13.2 Å². The summed E-state index contributed by atoms with van der Waals surface area (Å²) in [5, 5.41) is 0. The molecule has 0 aliphatic carbocycles. The smallest absolute Gasteiger partial charge is 0.424 e. The summed E-state index contributed by atoms with van der Waals surface area (Å²) in [7, 11) is -4.14. The Balaban J connectivity index is 2.27. The van der Waals surface area contributed by atoms with Gasteiger partial charge >= 0.3 is 6.09 Å². The fourth-order valence-electron chi connectivity index (χ4n) is 3.08. The van der Waals surface area contributed by atoms with Gasteiger partial charge in [0.2, 0.25) is 0 Å². The first kappa shape index (κ1) is 25.6. The van der Waals surface area contributed by atoms with Crippen molar-refractivity contribution in [3.63, 3.8) is 0 Å². The van der Waals surface area contributed by atoms with Crippen molar-refractivity contribution < 1.29 is 22.7 Å². The van der Waals surface area contributed by atoms with Crippen LogP contribution in [0.5, 0.6) is 0 Å². The standard InChI is InChI=1S/C25H33NO5S/c1-6-10-22(17-18-30-19-21-11-8-7-9-12-21)26(24(27)31-25(3,4)5)32(28,29)23-15-13-20(2)14-16-23/h6-9,11-16,22H,1,10,17-19H2,2-5H3. The average molecular weight is 460 g/mol. The molecule has 0 aliphatic heterocycles. The normalized spacial score (nSPS) is 12.8. The minimum atomic E-state index is -4.14. The van der Waals surface area contributed by atoms with E-state index in [-0.39, 0.29) is 17.9 Å². The van der Waals surface area contributed by atoms with E-state index in [0.29, 0.717) is 13.0 Å². The monoisotopic (exact) mass is 459 g/mol. The summed E-state index contributed by atoms with van der Waals surface area (Å²) in [6, 6.07) is 15.4. The molecule has 0 saturated heterocycles. The van der Waals surface area contributed by atoms with Gasteiger partial charge in [-0.25, -0.2) is 13.2 Å². The molecule has 0 bridgehead atoms. The lowest BCUT2D eigenvalue weighted by molar-refractivity contribution is 0.0302. The van der Waals surface area contributed by atoms with Crippen LogP contribution in [-0.4, -0.2) is 37.1 Å². The molecule has 0 spiro atoms. The number of hydrogen-bond acceptors (Lipinski definition) is 5. The van der Waals surface area contributed by atoms with Crippen LogP contribution >= 0.6 is 0 Å². The van der Waals surface area contributed by atoms with Crippen molar-refractivity contribution in [1.82, 2.24) is 4.31 Å². The van der Waals surface area contributed by atoms with Gasteiger partial charge in [-0.2, -0.15) is 4.31 Å². The second-order valence-corrected chi connectivity index (χ2v) is 10.4. The van der Waals surface area contributed by atoms with Crippen molar-refractivity contribution in [2.45, 2.75) is 63.7 Å². The molecular weight excluding hydrogens is 426 g/mol. The highest BCUT2D eigenvalue weighted by Gasteiger charge is 2.38. The molecule has 2 aromatic carbocycles. The first-order valence-corrected chi connectivity index (χ1v) is 12.1. The van der Waals surface area contributed by atoms with Gasteiger partial charge in [0.15, 0.2) is 0 Å². The maximum Gasteiger partial charge on any atom is 0.424 e. The van der Waals surface area contributed by atoms with Crippen molar-refractivity contribution in [2.75, 3.05) is 6.61 Å². The molecule has 0 aromatic heterocycles. The number of carbonyl (C=O) groups excluding carboxylic acids is 1. The highest BCUT2D eigenvalue weighted by molar-refractivity contribution is 7.89. The maximum absolute atomic E-state index is 13.5. The number of benzene rings is 2. The van der Waals surface area contributed by atoms with Gasteiger partial charge in [0.25, 0.3) is 10.0 Å². The second kappa shape index (κ2) is 11.3. The van der Waals surface area contributed by atoms with Crippen LogP contribution < -0.4 is 0 Å². The van der Waals surface area contributed by atoms with E-state index < -0.39 is 27.8 Å². The Bertz CT molecular complexity index is 979. The third-order valence-corrected chi connectivity index (χ3v) is 6.46. The highest BCUT2D eigenvalue weighted by atomic mass is 32.2. The molecule has 0 saturated carbocycles. The molecule has 0 radical (unpaired) electrons. The summed E-state index contributed by atoms with van der Waals surface area (Å²) in [6.07, 6.45) is 1.28. The van der Waals surface area contributed by atoms with Gasteiger partial charge in [-0.3, -0.25) is 0 Å². The lowest BCUT2D eigenvalue weighted by Crippen LogP contribution is -2.47. The Morgan fingerprint density at radius 3 is 2.28 bits per heavy atom. The number of amides is 1. The molecule has 0 aliphatic rings. The van der Waals surface area contributed by atoms with E-state index in [0.717, 1.165) is 15.4 Å². The van der Waals surface area contributed by atoms with Crippen LogP contribution in [0.3, 0.4) is 0 Å². The van der Waals surface area contributed by atoms with E-state index in [1.54, 1.807) is 39.0 Å². The van der Waals surface area contributed by atoms with Gasteiger partial charge in [-0.1, -0.05) is 54.1 Å². The SMILES string of the molecule is C=CCC(CCOCc1ccccc1)N(C(=O)OC(C)(C)C)S(=O)(=O)c1ccc(C)cc1. The van der Waals surface area contributed by atoms with Gasteiger partial charge < -0.3 is 9.47 Å². The zero-order chi connectivity index (χ0) is 23.8. The van der Waals surface area contributed by atoms with Crippen LogP contribution in [0.15, 0.2) is 72.1 Å². The third-order valence-electron chi connectivity index (χ3n) is 4.63. The van der Waals surface area contributed by atoms with Crippen LogP contribution in [0.2, 0.25) is 0 Å². The first-order valence-electron chi connectivity index (χ1n) is 10.6. The van der Waals surface area contributed by atoms with Crippen LogP contribution in [0, 0.1) is 6.92 Å². The zero-order valence-electron chi connectivity index (χ0n) is 19.3. The molecule has 1 amide bonds. The molecule has 2 aromatic rings. The Labute approximate surface area is 191 Å². The molecule has 1 atom stereocenters. The molecule has 0 fully saturated rings. The minimum absolute atomic E-state index is 0.0354. The fraction of sp³-hybridized carbons (Fsp3) is 0.400. The highest BCUT2D eigenvalue weighted by Crippen LogP contribution is 2.25. The van der Waals surface area contributed by atoms with Gasteiger partial charge in [0.1, 0.15) is 5.60 Å². The Morgan fingerprint density at radius 1 is 1.09 bits per heavy atom. The van der Waals surface area contributed by atoms with Crippen molar-refractivity contribution in [3.05, 3.63) is 78.4 Å². The molecule has 0 N–H and O–H groups in total. The van der Waals surface area contributed by atoms with Crippen molar-refractivity contribution in [3.8, 4) is 0 Å². The average Bonchev–Trinajstić information content (AvgIpc) is 2.71. The molecule has 32 heavy (non-hydrogen) atoms. The summed E-state index contributed by atoms with van der Waals surface area (Å²) in [6.45, 7) is 11.4. The largest absolute Gasteiger partial charge is 0.443 e. The molecule has 7 heteroatoms. The van der Waals surface area contributed by atoms with Gasteiger partial charge in [-0.15, -0.1) is 6.58 Å². The lowest BCUT2D eigenvalue weighted by Gasteiger charge is -2.32. The van der Waals surface area contributed by atoms with E-state index >= 15 is 0 Å². The van der Waals surface area contributed by atoms with Crippen molar-refractivity contribution >= 4 is 16.1 Å². The fourth-order valence-corrected chi connectivity index (χ4v) is 4.61. The van der Waals surface area contributed by atoms with Crippen molar-refractivity contribution in [1.29, 1.82) is 0 Å². The van der Waals surface area contributed by atoms with Gasteiger partial charge in [-0.05, 0) is 58.2 Å². The summed E-state index contributed by atoms with van der Waals surface area (Å²) < 4.78 is 39.0. The summed E-state index contributed by atoms with van der Waals surface area (Å²) >= 11 is 0. The predicted molar refractivity (Wildman–Crippen MR) is 126 cm³/mol. The van der Waals surface area contributed by atoms with E-state index in [1.807, 2.05) is 37.3 Å². The molecule has 6 nitrogen and oxygen atoms in total. The second-order valence-electron chi connectivity index (χ2n) is 8.60.